The van der Waals surface area contributed by atoms with Crippen LogP contribution in [0, 0.1) is 0 Å². The van der Waals surface area contributed by atoms with Gasteiger partial charge in [-0.2, -0.15) is 0 Å². The molecule has 0 radical (unpaired) electrons. The number of carbonyl (C=O) groups excluding carboxylic acids is 6. The maximum Gasteiger partial charge on any atom is 0.345 e. The third-order valence-electron chi connectivity index (χ3n) is 7.31. The second kappa shape index (κ2) is 26.6. The summed E-state index contributed by atoms with van der Waals surface area (Å²) < 4.78 is 20.1. The van der Waals surface area contributed by atoms with E-state index < -0.39 is 23.9 Å². The Hall–Kier alpha value is -3.56. The molecule has 0 bridgehead atoms. The predicted octanol–water partition coefficient (Wildman–Crippen LogP) is 7.98. The zero-order valence-corrected chi connectivity index (χ0v) is 27.9. The second-order valence-corrected chi connectivity index (χ2v) is 11.5. The Morgan fingerprint density at radius 1 is 0.413 bits per heavy atom. The molecule has 0 spiro atoms. The van der Waals surface area contributed by atoms with Gasteiger partial charge in [0.25, 0.3) is 0 Å². The van der Waals surface area contributed by atoms with Gasteiger partial charge in [0.2, 0.25) is 0 Å². The highest BCUT2D eigenvalue weighted by Gasteiger charge is 2.16. The Bertz CT molecular complexity index is 964. The van der Waals surface area contributed by atoms with Crippen LogP contribution in [0.3, 0.4) is 0 Å². The summed E-state index contributed by atoms with van der Waals surface area (Å²) in [5, 5.41) is 0. The second-order valence-electron chi connectivity index (χ2n) is 11.5. The first kappa shape index (κ1) is 40.5. The van der Waals surface area contributed by atoms with Crippen LogP contribution in [0.15, 0.2) is 24.3 Å². The molecule has 0 unspecified atom stereocenters. The minimum atomic E-state index is -0.807. The van der Waals surface area contributed by atoms with E-state index in [2.05, 4.69) is 0 Å². The lowest BCUT2D eigenvalue weighted by Gasteiger charge is -2.06. The van der Waals surface area contributed by atoms with Crippen molar-refractivity contribution in [3.63, 3.8) is 0 Å². The van der Waals surface area contributed by atoms with Crippen LogP contribution in [0.1, 0.15) is 163 Å². The summed E-state index contributed by atoms with van der Waals surface area (Å²) in [4.78, 5) is 71.8. The van der Waals surface area contributed by atoms with Gasteiger partial charge in [-0.05, 0) is 62.8 Å². The maximum absolute atomic E-state index is 12.3. The Kier molecular flexibility index (Phi) is 23.4. The normalized spacial score (nSPS) is 10.7. The molecule has 0 aliphatic carbocycles. The molecule has 0 aliphatic rings. The van der Waals surface area contributed by atoms with Crippen molar-refractivity contribution in [3.8, 4) is 0 Å². The molecule has 0 atom stereocenters. The van der Waals surface area contributed by atoms with Crippen molar-refractivity contribution in [2.75, 3.05) is 13.2 Å². The number of rotatable bonds is 26. The summed E-state index contributed by atoms with van der Waals surface area (Å²) in [5.74, 6) is -3.14. The van der Waals surface area contributed by atoms with Gasteiger partial charge in [0.05, 0.1) is 24.3 Å². The van der Waals surface area contributed by atoms with Crippen molar-refractivity contribution in [2.45, 2.75) is 142 Å². The number of unbranched alkanes of at least 4 members (excludes halogenated alkanes) is 12. The maximum atomic E-state index is 12.3. The largest absolute Gasteiger partial charge is 0.466 e. The standard InChI is InChI=1S/C36H54O10/c1-3-5-27-43-31(37)19-15-11-7-9-13-17-21-33(39)45-35(41)29-23-25-30(26-24-29)36(42)46-34(40)22-18-14-10-8-12-16-20-32(38)44-28-6-4-2/h23-26H,3-22,27-28H2,1-2H3. The Balaban J connectivity index is 2.14. The van der Waals surface area contributed by atoms with Gasteiger partial charge < -0.3 is 18.9 Å². The highest BCUT2D eigenvalue weighted by atomic mass is 16.6. The first-order valence-corrected chi connectivity index (χ1v) is 17.2. The molecule has 0 saturated carbocycles. The highest BCUT2D eigenvalue weighted by Crippen LogP contribution is 2.13. The first-order valence-electron chi connectivity index (χ1n) is 17.2. The van der Waals surface area contributed by atoms with E-state index in [-0.39, 0.29) is 35.9 Å². The summed E-state index contributed by atoms with van der Waals surface area (Å²) in [6.07, 6.45) is 14.9. The Morgan fingerprint density at radius 2 is 0.696 bits per heavy atom. The third-order valence-corrected chi connectivity index (χ3v) is 7.31. The molecule has 0 fully saturated rings. The summed E-state index contributed by atoms with van der Waals surface area (Å²) in [5.41, 5.74) is 0.218. The van der Waals surface area contributed by atoms with Crippen molar-refractivity contribution in [1.82, 2.24) is 0 Å². The van der Waals surface area contributed by atoms with Crippen LogP contribution in [-0.4, -0.2) is 49.0 Å². The van der Waals surface area contributed by atoms with Crippen molar-refractivity contribution in [3.05, 3.63) is 35.4 Å². The predicted molar refractivity (Wildman–Crippen MR) is 173 cm³/mol. The smallest absolute Gasteiger partial charge is 0.345 e. The molecule has 0 saturated heterocycles. The van der Waals surface area contributed by atoms with E-state index >= 15 is 0 Å². The lowest BCUT2D eigenvalue weighted by molar-refractivity contribution is -0.144. The quantitative estimate of drug-likeness (QED) is 0.0421. The minimum absolute atomic E-state index is 0.109. The first-order chi connectivity index (χ1) is 22.3. The van der Waals surface area contributed by atoms with Gasteiger partial charge in [0, 0.05) is 25.7 Å². The molecule has 0 heterocycles. The lowest BCUT2D eigenvalue weighted by Crippen LogP contribution is -2.14. The van der Waals surface area contributed by atoms with Crippen LogP contribution in [-0.2, 0) is 38.1 Å². The van der Waals surface area contributed by atoms with E-state index in [1.54, 1.807) is 0 Å². The number of hydrogen-bond donors (Lipinski definition) is 0. The fourth-order valence-electron chi connectivity index (χ4n) is 4.47. The van der Waals surface area contributed by atoms with Crippen molar-refractivity contribution >= 4 is 35.8 Å². The molecule has 0 amide bonds. The van der Waals surface area contributed by atoms with E-state index in [4.69, 9.17) is 18.9 Å². The number of ether oxygens (including phenoxy) is 4. The molecule has 0 N–H and O–H groups in total. The number of carbonyl (C=O) groups is 6. The molecule has 46 heavy (non-hydrogen) atoms. The zero-order valence-electron chi connectivity index (χ0n) is 27.9. The summed E-state index contributed by atoms with van der Waals surface area (Å²) in [7, 11) is 0. The summed E-state index contributed by atoms with van der Waals surface area (Å²) in [6.45, 7) is 5.07. The van der Waals surface area contributed by atoms with Crippen molar-refractivity contribution < 1.29 is 47.7 Å². The highest BCUT2D eigenvalue weighted by molar-refractivity contribution is 5.99. The molecule has 258 valence electrons. The van der Waals surface area contributed by atoms with Crippen molar-refractivity contribution in [2.24, 2.45) is 0 Å². The number of hydrogen-bond acceptors (Lipinski definition) is 10. The SMILES string of the molecule is CCCCOC(=O)CCCCCCCCC(=O)OC(=O)c1ccc(C(=O)OC(=O)CCCCCCCCC(=O)OCCCC)cc1. The van der Waals surface area contributed by atoms with Crippen LogP contribution >= 0.6 is 0 Å². The summed E-state index contributed by atoms with van der Waals surface area (Å²) in [6, 6.07) is 5.39. The molecule has 1 rings (SSSR count). The van der Waals surface area contributed by atoms with E-state index in [1.807, 2.05) is 13.8 Å². The van der Waals surface area contributed by atoms with Gasteiger partial charge in [-0.1, -0.05) is 78.1 Å². The fourth-order valence-corrected chi connectivity index (χ4v) is 4.47. The molecule has 10 heteroatoms. The topological polar surface area (TPSA) is 139 Å². The van der Waals surface area contributed by atoms with Crippen LogP contribution in [0.25, 0.3) is 0 Å². The van der Waals surface area contributed by atoms with Gasteiger partial charge in [0.1, 0.15) is 0 Å². The molecule has 0 aliphatic heterocycles. The van der Waals surface area contributed by atoms with Crippen LogP contribution in [0.2, 0.25) is 0 Å². The van der Waals surface area contributed by atoms with Crippen LogP contribution in [0.5, 0.6) is 0 Å². The van der Waals surface area contributed by atoms with Crippen LogP contribution in [0.4, 0.5) is 0 Å². The van der Waals surface area contributed by atoms with Gasteiger partial charge in [-0.15, -0.1) is 0 Å². The van der Waals surface area contributed by atoms with E-state index in [9.17, 15) is 28.8 Å². The average molecular weight is 647 g/mol. The fraction of sp³-hybridized carbons (Fsp3) is 0.667. The lowest BCUT2D eigenvalue weighted by atomic mass is 10.1. The van der Waals surface area contributed by atoms with Crippen molar-refractivity contribution in [1.29, 1.82) is 0 Å². The van der Waals surface area contributed by atoms with E-state index in [0.717, 1.165) is 89.9 Å². The number of benzene rings is 1. The van der Waals surface area contributed by atoms with E-state index in [0.29, 0.717) is 38.9 Å². The van der Waals surface area contributed by atoms with Gasteiger partial charge >= 0.3 is 35.8 Å². The molecular formula is C36H54O10. The monoisotopic (exact) mass is 646 g/mol. The van der Waals surface area contributed by atoms with Gasteiger partial charge in [0.15, 0.2) is 0 Å². The summed E-state index contributed by atoms with van der Waals surface area (Å²) >= 11 is 0. The molecule has 1 aromatic carbocycles. The third kappa shape index (κ3) is 21.2. The Morgan fingerprint density at radius 3 is 1.00 bits per heavy atom. The molecular weight excluding hydrogens is 592 g/mol. The van der Waals surface area contributed by atoms with Gasteiger partial charge in [-0.3, -0.25) is 19.2 Å². The average Bonchev–Trinajstić information content (AvgIpc) is 3.03. The molecule has 1 aromatic rings. The minimum Gasteiger partial charge on any atom is -0.466 e. The molecule has 0 aromatic heterocycles. The Labute approximate surface area is 274 Å². The van der Waals surface area contributed by atoms with E-state index in [1.165, 1.54) is 24.3 Å². The van der Waals surface area contributed by atoms with Crippen LogP contribution < -0.4 is 0 Å². The number of esters is 6. The van der Waals surface area contributed by atoms with Gasteiger partial charge in [-0.25, -0.2) is 9.59 Å². The molecule has 10 nitrogen and oxygen atoms in total. The zero-order chi connectivity index (χ0) is 33.8.